The van der Waals surface area contributed by atoms with Gasteiger partial charge in [-0.25, -0.2) is 4.79 Å². The van der Waals surface area contributed by atoms with Crippen LogP contribution in [0.3, 0.4) is 0 Å². The monoisotopic (exact) mass is 587 g/mol. The second-order valence-corrected chi connectivity index (χ2v) is 10.1. The molecule has 42 heavy (non-hydrogen) atoms. The van der Waals surface area contributed by atoms with E-state index in [2.05, 4.69) is 0 Å². The highest BCUT2D eigenvalue weighted by atomic mass is 16.5. The van der Waals surface area contributed by atoms with Gasteiger partial charge in [-0.1, -0.05) is 30.3 Å². The van der Waals surface area contributed by atoms with Crippen molar-refractivity contribution >= 4 is 23.9 Å². The summed E-state index contributed by atoms with van der Waals surface area (Å²) in [4.78, 5) is 53.8. The van der Waals surface area contributed by atoms with E-state index in [4.69, 9.17) is 4.74 Å². The predicted molar refractivity (Wildman–Crippen MR) is 148 cm³/mol. The SMILES string of the molecule is O=C(O)CN1CCN(CC(=O)O)CCN(Cc2ccc(C(=O)OCc3ccccc3)c[n+]2[O-])CCN(CC(=O)O)CC1. The van der Waals surface area contributed by atoms with Crippen molar-refractivity contribution in [2.45, 2.75) is 13.2 Å². The smallest absolute Gasteiger partial charge is 0.344 e. The predicted octanol–water partition coefficient (Wildman–Crippen LogP) is -0.348. The molecule has 14 heteroatoms. The number of benzene rings is 1. The zero-order valence-corrected chi connectivity index (χ0v) is 23.3. The van der Waals surface area contributed by atoms with Crippen LogP contribution in [0, 0.1) is 5.21 Å². The molecule has 2 aromatic rings. The molecular weight excluding hydrogens is 550 g/mol. The first-order chi connectivity index (χ1) is 20.1. The third kappa shape index (κ3) is 11.4. The number of nitrogens with zero attached hydrogens (tertiary/aromatic N) is 5. The molecule has 1 aromatic carbocycles. The van der Waals surface area contributed by atoms with E-state index >= 15 is 0 Å². The number of esters is 1. The van der Waals surface area contributed by atoms with Crippen LogP contribution in [0.15, 0.2) is 48.7 Å². The van der Waals surface area contributed by atoms with Crippen LogP contribution >= 0.6 is 0 Å². The average molecular weight is 588 g/mol. The van der Waals surface area contributed by atoms with E-state index in [1.54, 1.807) is 14.7 Å². The summed E-state index contributed by atoms with van der Waals surface area (Å²) in [5.74, 6) is -3.69. The van der Waals surface area contributed by atoms with E-state index in [0.717, 1.165) is 11.8 Å². The molecule has 1 aliphatic heterocycles. The molecule has 0 unspecified atom stereocenters. The summed E-state index contributed by atoms with van der Waals surface area (Å²) < 4.78 is 5.91. The first-order valence-electron chi connectivity index (χ1n) is 13.6. The maximum atomic E-state index is 12.9. The highest BCUT2D eigenvalue weighted by molar-refractivity contribution is 5.88. The van der Waals surface area contributed by atoms with Gasteiger partial charge in [0.1, 0.15) is 12.2 Å². The first kappa shape index (κ1) is 32.4. The molecule has 0 bridgehead atoms. The summed E-state index contributed by atoms with van der Waals surface area (Å²) in [5.41, 5.74) is 1.27. The minimum atomic E-state index is -1.02. The Labute approximate surface area is 243 Å². The molecule has 0 amide bonds. The normalized spacial score (nSPS) is 16.7. The number of hydrogen-bond acceptors (Lipinski definition) is 10. The molecule has 0 atom stereocenters. The van der Waals surface area contributed by atoms with Gasteiger partial charge in [-0.3, -0.25) is 34.0 Å². The molecule has 1 aliphatic rings. The average Bonchev–Trinajstić information content (AvgIpc) is 2.93. The van der Waals surface area contributed by atoms with Crippen molar-refractivity contribution in [1.29, 1.82) is 0 Å². The van der Waals surface area contributed by atoms with Crippen molar-refractivity contribution in [3.8, 4) is 0 Å². The number of carbonyl (C=O) groups is 4. The lowest BCUT2D eigenvalue weighted by atomic mass is 10.2. The number of hydrogen-bond donors (Lipinski definition) is 3. The summed E-state index contributed by atoms with van der Waals surface area (Å²) in [5, 5.41) is 40.9. The van der Waals surface area contributed by atoms with E-state index in [-0.39, 0.29) is 38.3 Å². The lowest BCUT2D eigenvalue weighted by Gasteiger charge is -2.32. The number of carbonyl (C=O) groups excluding carboxylic acids is 1. The van der Waals surface area contributed by atoms with Crippen molar-refractivity contribution in [2.24, 2.45) is 0 Å². The number of carboxylic acids is 3. The molecule has 3 rings (SSSR count). The minimum Gasteiger partial charge on any atom is -0.618 e. The van der Waals surface area contributed by atoms with E-state index in [9.17, 15) is 39.7 Å². The van der Waals surface area contributed by atoms with Gasteiger partial charge < -0.3 is 25.3 Å². The molecule has 2 heterocycles. The molecule has 1 fully saturated rings. The van der Waals surface area contributed by atoms with Crippen LogP contribution in [-0.2, 0) is 32.3 Å². The first-order valence-corrected chi connectivity index (χ1v) is 13.6. The number of aliphatic carboxylic acids is 3. The summed E-state index contributed by atoms with van der Waals surface area (Å²) in [6, 6.07) is 12.2. The standard InChI is InChI=1S/C28H37N5O9/c34-25(35)18-30-10-8-29(9-11-31(19-26(36)37)13-15-32(14-12-30)20-27(38)39)17-24-7-6-23(16-33(24)41)28(40)42-21-22-4-2-1-3-5-22/h1-7,16H,8-15,17-21H2,(H,34,35)(H,36,37)(H,38,39). The van der Waals surface area contributed by atoms with Gasteiger partial charge in [0.2, 0.25) is 5.69 Å². The van der Waals surface area contributed by atoms with Crippen molar-refractivity contribution in [3.63, 3.8) is 0 Å². The third-order valence-corrected chi connectivity index (χ3v) is 6.84. The van der Waals surface area contributed by atoms with Crippen molar-refractivity contribution < 1.29 is 44.0 Å². The Hall–Kier alpha value is -4.11. The molecule has 0 spiro atoms. The molecule has 1 saturated heterocycles. The van der Waals surface area contributed by atoms with Gasteiger partial charge in [-0.15, -0.1) is 0 Å². The van der Waals surface area contributed by atoms with Crippen LogP contribution in [0.1, 0.15) is 21.6 Å². The largest absolute Gasteiger partial charge is 0.618 e. The van der Waals surface area contributed by atoms with Crippen molar-refractivity contribution in [3.05, 3.63) is 70.7 Å². The molecule has 1 aromatic heterocycles. The van der Waals surface area contributed by atoms with Gasteiger partial charge in [0.25, 0.3) is 0 Å². The van der Waals surface area contributed by atoms with E-state index < -0.39 is 23.9 Å². The number of rotatable bonds is 11. The Kier molecular flexibility index (Phi) is 12.6. The number of ether oxygens (including phenoxy) is 1. The lowest BCUT2D eigenvalue weighted by molar-refractivity contribution is -0.615. The fourth-order valence-electron chi connectivity index (χ4n) is 4.58. The maximum absolute atomic E-state index is 12.9. The van der Waals surface area contributed by atoms with Crippen LogP contribution in [0.25, 0.3) is 0 Å². The highest BCUT2D eigenvalue weighted by Crippen LogP contribution is 2.09. The van der Waals surface area contributed by atoms with E-state index in [0.29, 0.717) is 62.8 Å². The van der Waals surface area contributed by atoms with E-state index in [1.165, 1.54) is 12.1 Å². The van der Waals surface area contributed by atoms with Gasteiger partial charge in [0, 0.05) is 58.4 Å². The van der Waals surface area contributed by atoms with Gasteiger partial charge in [-0.2, -0.15) is 4.73 Å². The van der Waals surface area contributed by atoms with Crippen molar-refractivity contribution in [2.75, 3.05) is 72.0 Å². The fraction of sp³-hybridized carbons (Fsp3) is 0.464. The molecular formula is C28H37N5O9. The van der Waals surface area contributed by atoms with Crippen LogP contribution in [-0.4, -0.2) is 131 Å². The summed E-state index contributed by atoms with van der Waals surface area (Å²) >= 11 is 0. The minimum absolute atomic E-state index is 0.0712. The zero-order chi connectivity index (χ0) is 30.5. The van der Waals surface area contributed by atoms with Gasteiger partial charge in [-0.05, 0) is 11.6 Å². The van der Waals surface area contributed by atoms with Crippen LogP contribution in [0.5, 0.6) is 0 Å². The molecule has 14 nitrogen and oxygen atoms in total. The van der Waals surface area contributed by atoms with E-state index in [1.807, 2.05) is 35.2 Å². The Balaban J connectivity index is 1.71. The maximum Gasteiger partial charge on any atom is 0.344 e. The lowest BCUT2D eigenvalue weighted by Crippen LogP contribution is -2.49. The molecule has 3 N–H and O–H groups in total. The van der Waals surface area contributed by atoms with Crippen LogP contribution < -0.4 is 4.73 Å². The second-order valence-electron chi connectivity index (χ2n) is 10.1. The molecule has 0 aliphatic carbocycles. The quantitative estimate of drug-likeness (QED) is 0.177. The van der Waals surface area contributed by atoms with Gasteiger partial charge >= 0.3 is 23.9 Å². The van der Waals surface area contributed by atoms with Gasteiger partial charge in [0.15, 0.2) is 6.20 Å². The summed E-state index contributed by atoms with van der Waals surface area (Å²) in [6.07, 6.45) is 1.16. The Morgan fingerprint density at radius 1 is 0.690 bits per heavy atom. The topological polar surface area (TPSA) is 178 Å². The Morgan fingerprint density at radius 3 is 1.57 bits per heavy atom. The van der Waals surface area contributed by atoms with Crippen LogP contribution in [0.2, 0.25) is 0 Å². The summed E-state index contributed by atoms with van der Waals surface area (Å²) in [6.45, 7) is 2.12. The number of aromatic nitrogens is 1. The molecule has 0 radical (unpaired) electrons. The number of carboxylic acid groups (broad SMARTS) is 3. The summed E-state index contributed by atoms with van der Waals surface area (Å²) in [7, 11) is 0. The highest BCUT2D eigenvalue weighted by Gasteiger charge is 2.22. The Bertz CT molecular complexity index is 1180. The second kappa shape index (κ2) is 16.4. The number of pyridine rings is 1. The van der Waals surface area contributed by atoms with Crippen molar-refractivity contribution in [1.82, 2.24) is 19.6 Å². The van der Waals surface area contributed by atoms with Gasteiger partial charge in [0.05, 0.1) is 26.2 Å². The zero-order valence-electron chi connectivity index (χ0n) is 23.3. The van der Waals surface area contributed by atoms with Crippen LogP contribution in [0.4, 0.5) is 0 Å². The Morgan fingerprint density at radius 2 is 1.14 bits per heavy atom. The molecule has 228 valence electrons. The molecule has 0 saturated carbocycles. The fourth-order valence-corrected chi connectivity index (χ4v) is 4.58. The third-order valence-electron chi connectivity index (χ3n) is 6.84.